The summed E-state index contributed by atoms with van der Waals surface area (Å²) < 4.78 is 16.9. The Morgan fingerprint density at radius 1 is 0.292 bits per heavy atom. The SMILES string of the molecule is CC/C=C\C/C=C\C/C=C\C/C=C\C/C=C\CCCCCC(=O)OC(COC(=O)CCCCCCC/C=C\C/C=C\CCCCC)COC(=O)CCCCCCCCCCCCCCCCCCCCCC. The Labute approximate surface area is 445 Å². The Balaban J connectivity index is 4.43. The Bertz CT molecular complexity index is 1380. The van der Waals surface area contributed by atoms with Crippen LogP contribution in [0.25, 0.3) is 0 Å². The van der Waals surface area contributed by atoms with Crippen molar-refractivity contribution in [3.8, 4) is 0 Å². The average molecular weight is 1000 g/mol. The Kier molecular flexibility index (Phi) is 57.3. The lowest BCUT2D eigenvalue weighted by Crippen LogP contribution is -2.30. The lowest BCUT2D eigenvalue weighted by atomic mass is 10.0. The Morgan fingerprint density at radius 3 is 0.889 bits per heavy atom. The summed E-state index contributed by atoms with van der Waals surface area (Å²) in [7, 11) is 0. The van der Waals surface area contributed by atoms with Crippen molar-refractivity contribution in [2.24, 2.45) is 0 Å². The molecule has 1 atom stereocenters. The topological polar surface area (TPSA) is 78.9 Å². The molecule has 0 aliphatic heterocycles. The van der Waals surface area contributed by atoms with Crippen molar-refractivity contribution >= 4 is 17.9 Å². The van der Waals surface area contributed by atoms with Gasteiger partial charge in [-0.1, -0.05) is 266 Å². The summed E-state index contributed by atoms with van der Waals surface area (Å²) in [5.41, 5.74) is 0. The van der Waals surface area contributed by atoms with Crippen LogP contribution in [0.15, 0.2) is 85.1 Å². The fourth-order valence-corrected chi connectivity index (χ4v) is 8.56. The second-order valence-corrected chi connectivity index (χ2v) is 20.2. The van der Waals surface area contributed by atoms with E-state index in [1.165, 1.54) is 135 Å². The van der Waals surface area contributed by atoms with Gasteiger partial charge in [0.25, 0.3) is 0 Å². The van der Waals surface area contributed by atoms with Crippen LogP contribution in [0.2, 0.25) is 0 Å². The number of hydrogen-bond donors (Lipinski definition) is 0. The van der Waals surface area contributed by atoms with E-state index in [2.05, 4.69) is 106 Å². The molecule has 0 saturated carbocycles. The fraction of sp³-hybridized carbons (Fsp3) is 0.742. The van der Waals surface area contributed by atoms with Crippen LogP contribution in [0, 0.1) is 0 Å². The molecule has 0 N–H and O–H groups in total. The monoisotopic (exact) mass is 1000 g/mol. The number of carbonyl (C=O) groups excluding carboxylic acids is 3. The largest absolute Gasteiger partial charge is 0.462 e. The summed E-state index contributed by atoms with van der Waals surface area (Å²) in [5, 5.41) is 0. The summed E-state index contributed by atoms with van der Waals surface area (Å²) in [6.45, 7) is 6.49. The summed E-state index contributed by atoms with van der Waals surface area (Å²) >= 11 is 0. The number of ether oxygens (including phenoxy) is 3. The van der Waals surface area contributed by atoms with E-state index in [0.29, 0.717) is 12.8 Å². The lowest BCUT2D eigenvalue weighted by molar-refractivity contribution is -0.167. The predicted octanol–water partition coefficient (Wildman–Crippen LogP) is 20.7. The lowest BCUT2D eigenvalue weighted by Gasteiger charge is -2.18. The quantitative estimate of drug-likeness (QED) is 0.0261. The minimum Gasteiger partial charge on any atom is -0.462 e. The van der Waals surface area contributed by atoms with E-state index in [1.54, 1.807) is 0 Å². The van der Waals surface area contributed by atoms with Crippen molar-refractivity contribution in [2.75, 3.05) is 13.2 Å². The summed E-state index contributed by atoms with van der Waals surface area (Å²) in [4.78, 5) is 38.2. The van der Waals surface area contributed by atoms with E-state index in [4.69, 9.17) is 14.2 Å². The molecule has 1 unspecified atom stereocenters. The van der Waals surface area contributed by atoms with Crippen LogP contribution in [0.1, 0.15) is 297 Å². The van der Waals surface area contributed by atoms with Crippen LogP contribution in [-0.4, -0.2) is 37.2 Å². The van der Waals surface area contributed by atoms with E-state index in [0.717, 1.165) is 122 Å². The van der Waals surface area contributed by atoms with E-state index in [-0.39, 0.29) is 37.5 Å². The highest BCUT2D eigenvalue weighted by Crippen LogP contribution is 2.16. The van der Waals surface area contributed by atoms with Gasteiger partial charge in [0.1, 0.15) is 13.2 Å². The summed E-state index contributed by atoms with van der Waals surface area (Å²) in [5.74, 6) is -0.929. The molecule has 0 bridgehead atoms. The molecule has 0 aromatic rings. The van der Waals surface area contributed by atoms with Crippen LogP contribution in [0.3, 0.4) is 0 Å². The first-order valence-electron chi connectivity index (χ1n) is 30.6. The molecule has 0 aromatic carbocycles. The number of carbonyl (C=O) groups is 3. The third kappa shape index (κ3) is 57.5. The van der Waals surface area contributed by atoms with E-state index in [9.17, 15) is 14.4 Å². The number of allylic oxidation sites excluding steroid dienone is 14. The Hall–Kier alpha value is -3.41. The van der Waals surface area contributed by atoms with Gasteiger partial charge in [0.15, 0.2) is 6.10 Å². The molecule has 414 valence electrons. The molecular formula is C66H114O6. The molecular weight excluding hydrogens is 889 g/mol. The molecule has 0 fully saturated rings. The fourth-order valence-electron chi connectivity index (χ4n) is 8.56. The molecule has 0 aliphatic carbocycles. The molecule has 6 heteroatoms. The normalized spacial score (nSPS) is 12.7. The molecule has 6 nitrogen and oxygen atoms in total. The van der Waals surface area contributed by atoms with Gasteiger partial charge in [-0.2, -0.15) is 0 Å². The highest BCUT2D eigenvalue weighted by molar-refractivity contribution is 5.71. The molecule has 0 rings (SSSR count). The smallest absolute Gasteiger partial charge is 0.306 e. The van der Waals surface area contributed by atoms with Crippen molar-refractivity contribution in [3.63, 3.8) is 0 Å². The van der Waals surface area contributed by atoms with Crippen molar-refractivity contribution in [1.29, 1.82) is 0 Å². The standard InChI is InChI=1S/C66H114O6/c1-4-7-10-13-16-19-22-25-28-30-32-34-35-38-41-44-47-50-53-56-59-65(68)71-62-63(61-70-64(67)58-55-52-49-46-43-40-37-27-24-21-18-15-12-9-6-3)72-66(69)60-57-54-51-48-45-42-39-36-33-31-29-26-23-20-17-14-11-8-5-2/h8,11,17-18,20-21,26-27,29,33,36-37,42,45,63H,4-7,9-10,12-16,19,22-25,28,30-32,34-35,38-41,43-44,46-62H2,1-3H3/b11-8-,20-17-,21-18-,29-26-,36-33-,37-27-,45-42-. The molecule has 0 radical (unpaired) electrons. The van der Waals surface area contributed by atoms with Crippen molar-refractivity contribution in [3.05, 3.63) is 85.1 Å². The van der Waals surface area contributed by atoms with Gasteiger partial charge >= 0.3 is 17.9 Å². The number of hydrogen-bond acceptors (Lipinski definition) is 6. The Morgan fingerprint density at radius 2 is 0.542 bits per heavy atom. The van der Waals surface area contributed by atoms with E-state index >= 15 is 0 Å². The van der Waals surface area contributed by atoms with Crippen molar-refractivity contribution in [2.45, 2.75) is 303 Å². The van der Waals surface area contributed by atoms with Crippen LogP contribution in [0.5, 0.6) is 0 Å². The number of esters is 3. The van der Waals surface area contributed by atoms with Gasteiger partial charge in [-0.25, -0.2) is 0 Å². The molecule has 72 heavy (non-hydrogen) atoms. The second kappa shape index (κ2) is 60.1. The van der Waals surface area contributed by atoms with Gasteiger partial charge in [0, 0.05) is 19.3 Å². The van der Waals surface area contributed by atoms with Gasteiger partial charge < -0.3 is 14.2 Å². The van der Waals surface area contributed by atoms with Gasteiger partial charge in [-0.15, -0.1) is 0 Å². The van der Waals surface area contributed by atoms with E-state index < -0.39 is 6.10 Å². The first kappa shape index (κ1) is 68.6. The maximum Gasteiger partial charge on any atom is 0.306 e. The predicted molar refractivity (Wildman–Crippen MR) is 311 cm³/mol. The zero-order valence-electron chi connectivity index (χ0n) is 47.4. The summed E-state index contributed by atoms with van der Waals surface area (Å²) in [6, 6.07) is 0. The van der Waals surface area contributed by atoms with Crippen molar-refractivity contribution < 1.29 is 28.6 Å². The zero-order chi connectivity index (χ0) is 52.2. The van der Waals surface area contributed by atoms with Gasteiger partial charge in [0.05, 0.1) is 0 Å². The average Bonchev–Trinajstić information content (AvgIpc) is 3.38. The molecule has 0 amide bonds. The number of unbranched alkanes of at least 4 members (excludes halogenated alkanes) is 30. The molecule has 0 spiro atoms. The molecule has 0 aliphatic rings. The van der Waals surface area contributed by atoms with Gasteiger partial charge in [0.2, 0.25) is 0 Å². The first-order valence-corrected chi connectivity index (χ1v) is 30.6. The highest BCUT2D eigenvalue weighted by Gasteiger charge is 2.19. The molecule has 0 aromatic heterocycles. The van der Waals surface area contributed by atoms with Crippen LogP contribution < -0.4 is 0 Å². The third-order valence-electron chi connectivity index (χ3n) is 13.1. The van der Waals surface area contributed by atoms with Gasteiger partial charge in [-0.05, 0) is 96.3 Å². The maximum absolute atomic E-state index is 12.9. The van der Waals surface area contributed by atoms with Gasteiger partial charge in [-0.3, -0.25) is 14.4 Å². The van der Waals surface area contributed by atoms with Crippen LogP contribution in [0.4, 0.5) is 0 Å². The maximum atomic E-state index is 12.9. The summed E-state index contributed by atoms with van der Waals surface area (Å²) in [6.07, 6.45) is 78.6. The zero-order valence-corrected chi connectivity index (χ0v) is 47.4. The second-order valence-electron chi connectivity index (χ2n) is 20.2. The molecule has 0 saturated heterocycles. The first-order chi connectivity index (χ1) is 35.5. The minimum absolute atomic E-state index is 0.0924. The highest BCUT2D eigenvalue weighted by atomic mass is 16.6. The van der Waals surface area contributed by atoms with Crippen LogP contribution >= 0.6 is 0 Å². The minimum atomic E-state index is -0.800. The van der Waals surface area contributed by atoms with Crippen molar-refractivity contribution in [1.82, 2.24) is 0 Å². The van der Waals surface area contributed by atoms with E-state index in [1.807, 2.05) is 0 Å². The molecule has 0 heterocycles. The number of rotatable bonds is 55. The van der Waals surface area contributed by atoms with Crippen LogP contribution in [-0.2, 0) is 28.6 Å². The third-order valence-corrected chi connectivity index (χ3v) is 13.1.